The Morgan fingerprint density at radius 1 is 1.03 bits per heavy atom. The summed E-state index contributed by atoms with van der Waals surface area (Å²) in [6.07, 6.45) is 2.52. The summed E-state index contributed by atoms with van der Waals surface area (Å²) in [4.78, 5) is 4.09. The van der Waals surface area contributed by atoms with Crippen LogP contribution in [0.3, 0.4) is 0 Å². The largest absolute Gasteiger partial charge is 0.415 e. The molecule has 0 spiro atoms. The molecule has 4 aromatic rings. The quantitative estimate of drug-likeness (QED) is 0.483. The van der Waals surface area contributed by atoms with Gasteiger partial charge in [0.05, 0.1) is 12.2 Å². The fourth-order valence-electron chi connectivity index (χ4n) is 3.13. The molecule has 1 atom stereocenters. The summed E-state index contributed by atoms with van der Waals surface area (Å²) in [6.45, 7) is 2.09. The van der Waals surface area contributed by atoms with E-state index < -0.39 is 12.3 Å². The van der Waals surface area contributed by atoms with Gasteiger partial charge in [-0.1, -0.05) is 30.7 Å². The number of anilines is 1. The SMILES string of the molecule is CCC[C@H](c1ccc(-c2nnc(C(F)F)o2)cc1)n1cc(-c2ccc(N)nc2)nn1. The van der Waals surface area contributed by atoms with Gasteiger partial charge in [0.1, 0.15) is 11.5 Å². The van der Waals surface area contributed by atoms with Crippen molar-refractivity contribution >= 4 is 5.82 Å². The maximum Gasteiger partial charge on any atom is 0.314 e. The van der Waals surface area contributed by atoms with Gasteiger partial charge in [-0.15, -0.1) is 15.3 Å². The first-order valence-electron chi connectivity index (χ1n) is 9.40. The fraction of sp³-hybridized carbons (Fsp3) is 0.250. The van der Waals surface area contributed by atoms with Gasteiger partial charge in [0.25, 0.3) is 5.89 Å². The highest BCUT2D eigenvalue weighted by Crippen LogP contribution is 2.28. The summed E-state index contributed by atoms with van der Waals surface area (Å²) in [7, 11) is 0. The first-order chi connectivity index (χ1) is 14.5. The number of hydrogen-bond donors (Lipinski definition) is 1. The molecule has 0 unspecified atom stereocenters. The molecule has 0 fully saturated rings. The molecule has 10 heteroatoms. The van der Waals surface area contributed by atoms with Crippen LogP contribution in [-0.4, -0.2) is 30.2 Å². The van der Waals surface area contributed by atoms with E-state index >= 15 is 0 Å². The molecule has 30 heavy (non-hydrogen) atoms. The Balaban J connectivity index is 1.59. The average Bonchev–Trinajstić information content (AvgIpc) is 3.43. The maximum absolute atomic E-state index is 12.7. The third-order valence-corrected chi connectivity index (χ3v) is 4.64. The van der Waals surface area contributed by atoms with Crippen molar-refractivity contribution in [3.05, 3.63) is 60.2 Å². The van der Waals surface area contributed by atoms with Gasteiger partial charge in [0.2, 0.25) is 5.89 Å². The summed E-state index contributed by atoms with van der Waals surface area (Å²) in [5, 5.41) is 15.6. The molecule has 8 nitrogen and oxygen atoms in total. The molecule has 0 bridgehead atoms. The number of nitrogens with two attached hydrogens (primary N) is 1. The predicted molar refractivity (Wildman–Crippen MR) is 105 cm³/mol. The molecule has 0 saturated heterocycles. The van der Waals surface area contributed by atoms with Gasteiger partial charge in [-0.25, -0.2) is 9.67 Å². The molecule has 0 aliphatic rings. The Kier molecular flexibility index (Phi) is 5.46. The van der Waals surface area contributed by atoms with Crippen LogP contribution in [0.2, 0.25) is 0 Å². The zero-order valence-corrected chi connectivity index (χ0v) is 16.1. The van der Waals surface area contributed by atoms with Crippen molar-refractivity contribution < 1.29 is 13.2 Å². The topological polar surface area (TPSA) is 109 Å². The zero-order valence-electron chi connectivity index (χ0n) is 16.1. The predicted octanol–water partition coefficient (Wildman–Crippen LogP) is 4.30. The van der Waals surface area contributed by atoms with Crippen molar-refractivity contribution in [2.24, 2.45) is 0 Å². The summed E-state index contributed by atoms with van der Waals surface area (Å²) >= 11 is 0. The lowest BCUT2D eigenvalue weighted by atomic mass is 10.0. The summed E-state index contributed by atoms with van der Waals surface area (Å²) in [5.74, 6) is -0.190. The highest BCUT2D eigenvalue weighted by atomic mass is 19.3. The first kappa shape index (κ1) is 19.6. The van der Waals surface area contributed by atoms with Crippen molar-refractivity contribution in [3.8, 4) is 22.7 Å². The Morgan fingerprint density at radius 2 is 1.80 bits per heavy atom. The van der Waals surface area contributed by atoms with Crippen LogP contribution in [0.1, 0.15) is 43.7 Å². The number of rotatable bonds is 7. The minimum absolute atomic E-state index is 0.0358. The van der Waals surface area contributed by atoms with E-state index in [2.05, 4.69) is 32.4 Å². The fourth-order valence-corrected chi connectivity index (χ4v) is 3.13. The van der Waals surface area contributed by atoms with Crippen LogP contribution < -0.4 is 5.73 Å². The Morgan fingerprint density at radius 3 is 2.43 bits per heavy atom. The second-order valence-electron chi connectivity index (χ2n) is 6.73. The van der Waals surface area contributed by atoms with E-state index in [1.165, 1.54) is 0 Å². The lowest BCUT2D eigenvalue weighted by Gasteiger charge is -2.16. The Labute approximate surface area is 170 Å². The summed E-state index contributed by atoms with van der Waals surface area (Å²) < 4.78 is 32.1. The number of hydrogen-bond acceptors (Lipinski definition) is 7. The first-order valence-corrected chi connectivity index (χ1v) is 9.40. The highest BCUT2D eigenvalue weighted by Gasteiger charge is 2.19. The van der Waals surface area contributed by atoms with Crippen molar-refractivity contribution in [2.45, 2.75) is 32.2 Å². The van der Waals surface area contributed by atoms with Crippen molar-refractivity contribution in [1.82, 2.24) is 30.2 Å². The molecular formula is C20H19F2N7O. The second kappa shape index (κ2) is 8.36. The normalized spacial score (nSPS) is 12.4. The molecule has 3 aromatic heterocycles. The standard InChI is InChI=1S/C20H19F2N7O/c1-2-3-16(29-11-15(25-28-29)14-8-9-17(23)24-10-14)12-4-6-13(7-5-12)19-26-27-20(30-19)18(21)22/h4-11,16,18H,2-3H2,1H3,(H2,23,24)/t16-/m1/s1. The minimum Gasteiger partial charge on any atom is -0.415 e. The van der Waals surface area contributed by atoms with E-state index in [9.17, 15) is 8.78 Å². The van der Waals surface area contributed by atoms with Crippen molar-refractivity contribution in [3.63, 3.8) is 0 Å². The van der Waals surface area contributed by atoms with Crippen LogP contribution in [0, 0.1) is 0 Å². The van der Waals surface area contributed by atoms with Gasteiger partial charge in [-0.3, -0.25) is 0 Å². The molecule has 4 rings (SSSR count). The van der Waals surface area contributed by atoms with E-state index in [-0.39, 0.29) is 11.9 Å². The lowest BCUT2D eigenvalue weighted by Crippen LogP contribution is -2.11. The number of nitrogen functional groups attached to an aromatic ring is 1. The third-order valence-electron chi connectivity index (χ3n) is 4.64. The Hall–Kier alpha value is -3.69. The number of halogens is 2. The monoisotopic (exact) mass is 411 g/mol. The van der Waals surface area contributed by atoms with Crippen LogP contribution in [0.5, 0.6) is 0 Å². The molecule has 0 aliphatic carbocycles. The number of benzene rings is 1. The van der Waals surface area contributed by atoms with Crippen molar-refractivity contribution in [1.29, 1.82) is 0 Å². The van der Waals surface area contributed by atoms with Crippen LogP contribution in [0.25, 0.3) is 22.7 Å². The lowest BCUT2D eigenvalue weighted by molar-refractivity contribution is 0.116. The van der Waals surface area contributed by atoms with Gasteiger partial charge in [0, 0.05) is 17.3 Å². The zero-order chi connectivity index (χ0) is 21.1. The van der Waals surface area contributed by atoms with E-state index in [0.29, 0.717) is 17.1 Å². The van der Waals surface area contributed by atoms with Gasteiger partial charge in [-0.05, 0) is 36.2 Å². The maximum atomic E-state index is 12.7. The van der Waals surface area contributed by atoms with E-state index in [1.807, 2.05) is 29.1 Å². The summed E-state index contributed by atoms with van der Waals surface area (Å²) in [6, 6.07) is 10.9. The van der Waals surface area contributed by atoms with E-state index in [0.717, 1.165) is 24.0 Å². The number of alkyl halides is 2. The number of pyridine rings is 1. The van der Waals surface area contributed by atoms with Gasteiger partial charge < -0.3 is 10.2 Å². The molecule has 154 valence electrons. The number of aromatic nitrogens is 6. The van der Waals surface area contributed by atoms with Gasteiger partial charge >= 0.3 is 6.43 Å². The Bertz CT molecular complexity index is 1110. The molecule has 3 heterocycles. The van der Waals surface area contributed by atoms with Gasteiger partial charge in [-0.2, -0.15) is 8.78 Å². The van der Waals surface area contributed by atoms with Crippen LogP contribution >= 0.6 is 0 Å². The second-order valence-corrected chi connectivity index (χ2v) is 6.73. The third kappa shape index (κ3) is 4.02. The van der Waals surface area contributed by atoms with Crippen LogP contribution in [-0.2, 0) is 0 Å². The van der Waals surface area contributed by atoms with Crippen LogP contribution in [0.15, 0.2) is 53.2 Å². The molecule has 0 amide bonds. The molecular weight excluding hydrogens is 392 g/mol. The van der Waals surface area contributed by atoms with Gasteiger partial charge in [0.15, 0.2) is 0 Å². The minimum atomic E-state index is -2.79. The highest BCUT2D eigenvalue weighted by molar-refractivity contribution is 5.58. The average molecular weight is 411 g/mol. The van der Waals surface area contributed by atoms with E-state index in [1.54, 1.807) is 24.4 Å². The van der Waals surface area contributed by atoms with E-state index in [4.69, 9.17) is 10.2 Å². The molecule has 1 aromatic carbocycles. The van der Waals surface area contributed by atoms with Crippen LogP contribution in [0.4, 0.5) is 14.6 Å². The smallest absolute Gasteiger partial charge is 0.314 e. The van der Waals surface area contributed by atoms with Crippen molar-refractivity contribution in [2.75, 3.05) is 5.73 Å². The molecule has 0 saturated carbocycles. The molecule has 0 aliphatic heterocycles. The number of nitrogens with zero attached hydrogens (tertiary/aromatic N) is 6. The summed E-state index contributed by atoms with van der Waals surface area (Å²) in [5.41, 5.74) is 8.74. The molecule has 2 N–H and O–H groups in total. The molecule has 0 radical (unpaired) electrons.